The highest BCUT2D eigenvalue weighted by molar-refractivity contribution is 7.90. The van der Waals surface area contributed by atoms with Crippen LogP contribution in [0.1, 0.15) is 33.9 Å². The number of aromatic nitrogens is 3. The van der Waals surface area contributed by atoms with Gasteiger partial charge in [-0.3, -0.25) is 9.59 Å². The second kappa shape index (κ2) is 9.89. The fraction of sp³-hybridized carbons (Fsp3) is 0.476. The number of amides is 2. The normalized spacial score (nSPS) is 19.1. The van der Waals surface area contributed by atoms with Crippen molar-refractivity contribution in [3.8, 4) is 5.75 Å². The molecule has 15 heteroatoms. The van der Waals surface area contributed by atoms with Crippen molar-refractivity contribution in [1.29, 1.82) is 0 Å². The van der Waals surface area contributed by atoms with Gasteiger partial charge < -0.3 is 25.4 Å². The molecule has 2 aliphatic carbocycles. The van der Waals surface area contributed by atoms with Crippen LogP contribution < -0.4 is 20.7 Å². The zero-order valence-electron chi connectivity index (χ0n) is 21.9. The number of carbonyl (C=O) groups excluding carboxylic acids is 2. The molecule has 0 aliphatic heterocycles. The van der Waals surface area contributed by atoms with Gasteiger partial charge in [-0.1, -0.05) is 0 Å². The highest BCUT2D eigenvalue weighted by atomic mass is 32.2. The predicted molar refractivity (Wildman–Crippen MR) is 122 cm³/mol. The third kappa shape index (κ3) is 5.84. The lowest BCUT2D eigenvalue weighted by atomic mass is 10.2. The van der Waals surface area contributed by atoms with Crippen LogP contribution in [-0.4, -0.2) is 68.5 Å². The standard InChI is InChI=1S/C21H24F2N6O6S/c1-24-19(31)16-13(8-15(28-29-16)27-18(30)12-9-21(12)3-4-21)26-17-14(36(2,32)33)7-11(10-25-17)34-5-6-35-20(22)23/h7-8,10,12,20H,3-6,9H2,1-2H3,(H,24,31)(H2,25,26,27,28,30)/t12-/m0/s1/i1D3. The molecular formula is C21H24F2N6O6S. The minimum absolute atomic E-state index is 0.0574. The van der Waals surface area contributed by atoms with E-state index < -0.39 is 46.5 Å². The van der Waals surface area contributed by atoms with Crippen molar-refractivity contribution in [1.82, 2.24) is 20.5 Å². The van der Waals surface area contributed by atoms with Crippen molar-refractivity contribution in [3.05, 3.63) is 24.0 Å². The predicted octanol–water partition coefficient (Wildman–Crippen LogP) is 1.73. The fourth-order valence-corrected chi connectivity index (χ4v) is 4.51. The number of alkyl halides is 2. The molecule has 2 amide bonds. The minimum Gasteiger partial charge on any atom is -0.490 e. The molecule has 2 fully saturated rings. The summed E-state index contributed by atoms with van der Waals surface area (Å²) in [7, 11) is -3.97. The minimum atomic E-state index is -3.97. The Morgan fingerprint density at radius 2 is 2.06 bits per heavy atom. The summed E-state index contributed by atoms with van der Waals surface area (Å²) < 4.78 is 80.4. The summed E-state index contributed by atoms with van der Waals surface area (Å²) in [5, 5.41) is 14.6. The largest absolute Gasteiger partial charge is 0.490 e. The van der Waals surface area contributed by atoms with Crippen LogP contribution in [0.5, 0.6) is 5.75 Å². The molecule has 0 saturated heterocycles. The van der Waals surface area contributed by atoms with Crippen molar-refractivity contribution in [2.24, 2.45) is 11.3 Å². The molecule has 12 nitrogen and oxygen atoms in total. The summed E-state index contributed by atoms with van der Waals surface area (Å²) in [5.74, 6) is -2.01. The van der Waals surface area contributed by atoms with Gasteiger partial charge in [0.1, 0.15) is 23.1 Å². The Kier molecular flexibility index (Phi) is 5.99. The Morgan fingerprint density at radius 1 is 1.28 bits per heavy atom. The third-order valence-electron chi connectivity index (χ3n) is 5.85. The number of pyridine rings is 1. The van der Waals surface area contributed by atoms with E-state index in [2.05, 4.69) is 30.6 Å². The van der Waals surface area contributed by atoms with Crippen LogP contribution in [0.15, 0.2) is 23.2 Å². The van der Waals surface area contributed by atoms with Crippen molar-refractivity contribution in [2.75, 3.05) is 37.1 Å². The smallest absolute Gasteiger partial charge is 0.345 e. The zero-order valence-corrected chi connectivity index (χ0v) is 19.7. The molecule has 2 aromatic heterocycles. The van der Waals surface area contributed by atoms with E-state index in [1.165, 1.54) is 6.07 Å². The van der Waals surface area contributed by atoms with Crippen LogP contribution >= 0.6 is 0 Å². The highest BCUT2D eigenvalue weighted by Gasteiger charge is 2.65. The molecule has 36 heavy (non-hydrogen) atoms. The summed E-state index contributed by atoms with van der Waals surface area (Å²) in [5.41, 5.74) is -0.655. The van der Waals surface area contributed by atoms with Gasteiger partial charge in [0.15, 0.2) is 21.3 Å². The van der Waals surface area contributed by atoms with E-state index in [9.17, 15) is 26.8 Å². The van der Waals surface area contributed by atoms with E-state index in [1.807, 2.05) is 0 Å². The lowest BCUT2D eigenvalue weighted by molar-refractivity contribution is -0.133. The molecule has 4 rings (SSSR count). The zero-order chi connectivity index (χ0) is 28.6. The van der Waals surface area contributed by atoms with Gasteiger partial charge in [0.25, 0.3) is 5.91 Å². The van der Waals surface area contributed by atoms with Gasteiger partial charge in [-0.15, -0.1) is 10.2 Å². The van der Waals surface area contributed by atoms with Gasteiger partial charge in [0.2, 0.25) is 5.91 Å². The van der Waals surface area contributed by atoms with E-state index in [4.69, 9.17) is 8.85 Å². The summed E-state index contributed by atoms with van der Waals surface area (Å²) in [6, 6.07) is 2.27. The average molecular weight is 530 g/mol. The number of hydrogen-bond donors (Lipinski definition) is 3. The first-order valence-electron chi connectivity index (χ1n) is 12.2. The maximum absolute atomic E-state index is 12.6. The average Bonchev–Trinajstić information content (AvgIpc) is 3.74. The van der Waals surface area contributed by atoms with Gasteiger partial charge in [-0.05, 0) is 24.7 Å². The van der Waals surface area contributed by atoms with Gasteiger partial charge in [-0.2, -0.15) is 8.78 Å². The molecule has 3 N–H and O–H groups in total. The Labute approximate surface area is 209 Å². The van der Waals surface area contributed by atoms with E-state index in [0.29, 0.717) is 0 Å². The van der Waals surface area contributed by atoms with Crippen LogP contribution in [0.3, 0.4) is 0 Å². The molecule has 2 saturated carbocycles. The highest BCUT2D eigenvalue weighted by Crippen LogP contribution is 2.70. The topological polar surface area (TPSA) is 162 Å². The molecule has 2 aromatic rings. The summed E-state index contributed by atoms with van der Waals surface area (Å²) in [4.78, 5) is 28.8. The van der Waals surface area contributed by atoms with Crippen molar-refractivity contribution in [3.63, 3.8) is 0 Å². The Balaban J connectivity index is 1.62. The Morgan fingerprint density at radius 3 is 2.69 bits per heavy atom. The first kappa shape index (κ1) is 21.8. The van der Waals surface area contributed by atoms with Gasteiger partial charge in [0, 0.05) is 35.4 Å². The van der Waals surface area contributed by atoms with E-state index in [-0.39, 0.29) is 46.9 Å². The van der Waals surface area contributed by atoms with Crippen LogP contribution in [0, 0.1) is 11.3 Å². The number of halogens is 2. The maximum atomic E-state index is 12.6. The maximum Gasteiger partial charge on any atom is 0.345 e. The van der Waals surface area contributed by atoms with E-state index in [1.54, 1.807) is 5.32 Å². The third-order valence-corrected chi connectivity index (χ3v) is 6.96. The number of rotatable bonds is 11. The van der Waals surface area contributed by atoms with Crippen LogP contribution in [0.4, 0.5) is 26.1 Å². The lowest BCUT2D eigenvalue weighted by Crippen LogP contribution is -2.23. The Hall–Kier alpha value is -3.46. The molecule has 0 bridgehead atoms. The number of nitrogens with one attached hydrogen (secondary N) is 3. The molecule has 2 heterocycles. The molecule has 1 atom stereocenters. The number of sulfone groups is 1. The van der Waals surface area contributed by atoms with E-state index >= 15 is 0 Å². The Bertz CT molecular complexity index is 1390. The second-order valence-electron chi connectivity index (χ2n) is 8.45. The molecular weight excluding hydrogens is 502 g/mol. The van der Waals surface area contributed by atoms with Crippen LogP contribution in [0.25, 0.3) is 0 Å². The fourth-order valence-electron chi connectivity index (χ4n) is 3.73. The van der Waals surface area contributed by atoms with Crippen LogP contribution in [0.2, 0.25) is 0 Å². The molecule has 194 valence electrons. The molecule has 2 aliphatic rings. The monoisotopic (exact) mass is 529 g/mol. The molecule has 0 unspecified atom stereocenters. The molecule has 1 spiro atoms. The second-order valence-corrected chi connectivity index (χ2v) is 10.4. The van der Waals surface area contributed by atoms with Gasteiger partial charge in [-0.25, -0.2) is 13.4 Å². The number of anilines is 3. The van der Waals surface area contributed by atoms with E-state index in [0.717, 1.165) is 37.8 Å². The van der Waals surface area contributed by atoms with Crippen molar-refractivity contribution in [2.45, 2.75) is 30.8 Å². The number of nitrogens with zero attached hydrogens (tertiary/aromatic N) is 3. The first-order valence-corrected chi connectivity index (χ1v) is 12.6. The summed E-state index contributed by atoms with van der Waals surface area (Å²) in [6.07, 6.45) is 4.68. The number of carbonyl (C=O) groups is 2. The van der Waals surface area contributed by atoms with Gasteiger partial charge in [0.05, 0.1) is 18.5 Å². The quantitative estimate of drug-likeness (QED) is 0.366. The lowest BCUT2D eigenvalue weighted by Gasteiger charge is -2.15. The van der Waals surface area contributed by atoms with Crippen molar-refractivity contribution >= 4 is 39.0 Å². The first-order chi connectivity index (χ1) is 18.2. The summed E-state index contributed by atoms with van der Waals surface area (Å²) in [6.45, 7) is -6.64. The molecule has 0 radical (unpaired) electrons. The summed E-state index contributed by atoms with van der Waals surface area (Å²) >= 11 is 0. The van der Waals surface area contributed by atoms with Crippen molar-refractivity contribution < 1.29 is 40.4 Å². The number of ether oxygens (including phenoxy) is 2. The van der Waals surface area contributed by atoms with Crippen LogP contribution in [-0.2, 0) is 19.4 Å². The number of hydrogen-bond acceptors (Lipinski definition) is 10. The SMILES string of the molecule is [2H]C([2H])([2H])NC(=O)c1nnc(NC(=O)[C@@H]2CC23CC3)cc1Nc1ncc(OCCOC(F)F)cc1S(C)(=O)=O. The van der Waals surface area contributed by atoms with Gasteiger partial charge >= 0.3 is 6.61 Å². The molecule has 0 aromatic carbocycles.